The third-order valence-corrected chi connectivity index (χ3v) is 5.61. The van der Waals surface area contributed by atoms with Gasteiger partial charge in [0.25, 0.3) is 0 Å². The number of nitrogens with zero attached hydrogens (tertiary/aromatic N) is 1. The lowest BCUT2D eigenvalue weighted by atomic mass is 10.1. The van der Waals surface area contributed by atoms with Crippen LogP contribution < -0.4 is 14.4 Å². The van der Waals surface area contributed by atoms with Gasteiger partial charge >= 0.3 is 0 Å². The summed E-state index contributed by atoms with van der Waals surface area (Å²) >= 11 is 0. The highest BCUT2D eigenvalue weighted by Crippen LogP contribution is 2.21. The Bertz CT molecular complexity index is 924. The van der Waals surface area contributed by atoms with Crippen LogP contribution in [0, 0.1) is 20.8 Å². The number of carbonyl (C=O) groups is 1. The van der Waals surface area contributed by atoms with Crippen molar-refractivity contribution in [3.05, 3.63) is 59.2 Å². The summed E-state index contributed by atoms with van der Waals surface area (Å²) in [5.41, 5.74) is 3.66. The molecule has 2 aromatic rings. The fourth-order valence-corrected chi connectivity index (χ4v) is 4.12. The van der Waals surface area contributed by atoms with Gasteiger partial charge in [-0.3, -0.25) is 9.10 Å². The van der Waals surface area contributed by atoms with Gasteiger partial charge in [-0.2, -0.15) is 0 Å². The van der Waals surface area contributed by atoms with Crippen molar-refractivity contribution in [2.24, 2.45) is 0 Å². The Morgan fingerprint density at radius 2 is 1.68 bits per heavy atom. The van der Waals surface area contributed by atoms with Crippen LogP contribution in [0.4, 0.5) is 5.69 Å². The van der Waals surface area contributed by atoms with Crippen LogP contribution >= 0.6 is 0 Å². The second kappa shape index (κ2) is 9.10. The normalized spacial score (nSPS) is 12.3. The molecule has 0 saturated heterocycles. The molecule has 7 heteroatoms. The van der Waals surface area contributed by atoms with Crippen LogP contribution in [0.1, 0.15) is 23.6 Å². The highest BCUT2D eigenvalue weighted by atomic mass is 32.2. The van der Waals surface area contributed by atoms with E-state index >= 15 is 0 Å². The molecule has 6 nitrogen and oxygen atoms in total. The number of rotatable bonds is 8. The lowest BCUT2D eigenvalue weighted by molar-refractivity contribution is -0.121. The first-order chi connectivity index (χ1) is 13.1. The number of aryl methyl sites for hydroxylation is 3. The number of sulfonamides is 1. The van der Waals surface area contributed by atoms with E-state index in [-0.39, 0.29) is 12.5 Å². The zero-order valence-corrected chi connectivity index (χ0v) is 17.8. The monoisotopic (exact) mass is 404 g/mol. The van der Waals surface area contributed by atoms with Crippen LogP contribution in [0.3, 0.4) is 0 Å². The summed E-state index contributed by atoms with van der Waals surface area (Å²) in [6.45, 7) is 8.05. The van der Waals surface area contributed by atoms with Crippen LogP contribution in [-0.2, 0) is 14.8 Å². The number of hydrogen-bond acceptors (Lipinski definition) is 4. The minimum absolute atomic E-state index is 0.280. The Labute approximate surface area is 167 Å². The molecular weight excluding hydrogens is 376 g/mol. The average molecular weight is 405 g/mol. The van der Waals surface area contributed by atoms with Gasteiger partial charge in [-0.25, -0.2) is 8.42 Å². The van der Waals surface area contributed by atoms with E-state index < -0.39 is 16.1 Å². The van der Waals surface area contributed by atoms with Crippen LogP contribution in [0.2, 0.25) is 0 Å². The van der Waals surface area contributed by atoms with Gasteiger partial charge in [-0.1, -0.05) is 35.4 Å². The Balaban J connectivity index is 1.98. The van der Waals surface area contributed by atoms with E-state index in [1.807, 2.05) is 51.1 Å². The van der Waals surface area contributed by atoms with Gasteiger partial charge in [-0.05, 0) is 51.5 Å². The quantitative estimate of drug-likeness (QED) is 0.687. The predicted octanol–water partition coefficient (Wildman–Crippen LogP) is 2.96. The summed E-state index contributed by atoms with van der Waals surface area (Å²) in [7, 11) is -3.62. The smallest absolute Gasteiger partial charge is 0.243 e. The van der Waals surface area contributed by atoms with Gasteiger partial charge in [0.1, 0.15) is 18.4 Å². The summed E-state index contributed by atoms with van der Waals surface area (Å²) in [6.07, 6.45) is 1.10. The molecule has 0 fully saturated rings. The van der Waals surface area contributed by atoms with Crippen molar-refractivity contribution in [1.29, 1.82) is 0 Å². The summed E-state index contributed by atoms with van der Waals surface area (Å²) in [4.78, 5) is 12.5. The van der Waals surface area contributed by atoms with Crippen LogP contribution in [0.25, 0.3) is 0 Å². The molecule has 0 aromatic heterocycles. The maximum absolute atomic E-state index is 12.5. The number of amides is 1. The molecule has 0 aliphatic heterocycles. The van der Waals surface area contributed by atoms with Gasteiger partial charge in [0.2, 0.25) is 15.9 Å². The van der Waals surface area contributed by atoms with Crippen molar-refractivity contribution < 1.29 is 17.9 Å². The molecule has 28 heavy (non-hydrogen) atoms. The van der Waals surface area contributed by atoms with Crippen LogP contribution in [0.15, 0.2) is 42.5 Å². The SMILES string of the molecule is Cc1ccc(N([C@H](C)C(=O)NCCOc2ccc(C)cc2C)S(C)(=O)=O)cc1. The average Bonchev–Trinajstić information content (AvgIpc) is 2.60. The number of benzene rings is 2. The molecule has 152 valence electrons. The molecule has 0 radical (unpaired) electrons. The number of nitrogens with one attached hydrogen (secondary N) is 1. The molecule has 0 unspecified atom stereocenters. The maximum atomic E-state index is 12.5. The molecule has 2 rings (SSSR count). The third kappa shape index (κ3) is 5.73. The van der Waals surface area contributed by atoms with E-state index in [0.717, 1.165) is 33.0 Å². The predicted molar refractivity (Wildman–Crippen MR) is 112 cm³/mol. The van der Waals surface area contributed by atoms with E-state index in [1.54, 1.807) is 19.1 Å². The van der Waals surface area contributed by atoms with E-state index in [1.165, 1.54) is 0 Å². The lowest BCUT2D eigenvalue weighted by Crippen LogP contribution is -2.48. The van der Waals surface area contributed by atoms with Crippen LogP contribution in [-0.4, -0.2) is 39.8 Å². The van der Waals surface area contributed by atoms with E-state index in [2.05, 4.69) is 5.32 Å². The lowest BCUT2D eigenvalue weighted by Gasteiger charge is -2.28. The maximum Gasteiger partial charge on any atom is 0.243 e. The van der Waals surface area contributed by atoms with Crippen molar-refractivity contribution in [3.63, 3.8) is 0 Å². The van der Waals surface area contributed by atoms with Gasteiger partial charge in [0, 0.05) is 0 Å². The number of ether oxygens (including phenoxy) is 1. The van der Waals surface area contributed by atoms with Gasteiger partial charge in [-0.15, -0.1) is 0 Å². The van der Waals surface area contributed by atoms with Crippen molar-refractivity contribution in [1.82, 2.24) is 5.32 Å². The number of carbonyl (C=O) groups excluding carboxylic acids is 1. The molecule has 0 heterocycles. The second-order valence-corrected chi connectivity index (χ2v) is 8.84. The topological polar surface area (TPSA) is 75.7 Å². The molecule has 0 saturated carbocycles. The standard InChI is InChI=1S/C21H28N2O4S/c1-15-6-9-19(10-7-15)23(28(5,25)26)18(4)21(24)22-12-13-27-20-11-8-16(2)14-17(20)3/h6-11,14,18H,12-13H2,1-5H3,(H,22,24)/t18-/m1/s1. The first-order valence-electron chi connectivity index (χ1n) is 9.13. The number of anilines is 1. The van der Waals surface area contributed by atoms with Gasteiger partial charge in [0.15, 0.2) is 0 Å². The Kier molecular flexibility index (Phi) is 7.07. The molecule has 0 aliphatic carbocycles. The van der Waals surface area contributed by atoms with Crippen molar-refractivity contribution in [3.8, 4) is 5.75 Å². The van der Waals surface area contributed by atoms with Crippen molar-refractivity contribution in [2.45, 2.75) is 33.7 Å². The third-order valence-electron chi connectivity index (χ3n) is 4.37. The van der Waals surface area contributed by atoms with E-state index in [9.17, 15) is 13.2 Å². The van der Waals surface area contributed by atoms with Crippen molar-refractivity contribution >= 4 is 21.6 Å². The first kappa shape index (κ1) is 21.8. The van der Waals surface area contributed by atoms with Crippen LogP contribution in [0.5, 0.6) is 5.75 Å². The fourth-order valence-electron chi connectivity index (χ4n) is 2.94. The summed E-state index contributed by atoms with van der Waals surface area (Å²) in [6, 6.07) is 12.0. The van der Waals surface area contributed by atoms with Gasteiger partial charge < -0.3 is 10.1 Å². The zero-order chi connectivity index (χ0) is 20.9. The minimum atomic E-state index is -3.62. The minimum Gasteiger partial charge on any atom is -0.491 e. The molecule has 1 N–H and O–H groups in total. The fraction of sp³-hybridized carbons (Fsp3) is 0.381. The molecule has 0 spiro atoms. The highest BCUT2D eigenvalue weighted by Gasteiger charge is 2.28. The number of hydrogen-bond donors (Lipinski definition) is 1. The summed E-state index contributed by atoms with van der Waals surface area (Å²) < 4.78 is 31.4. The first-order valence-corrected chi connectivity index (χ1v) is 11.0. The molecule has 0 aliphatic rings. The van der Waals surface area contributed by atoms with Gasteiger partial charge in [0.05, 0.1) is 18.5 Å². The summed E-state index contributed by atoms with van der Waals surface area (Å²) in [5, 5.41) is 2.75. The Morgan fingerprint density at radius 1 is 1.07 bits per heavy atom. The van der Waals surface area contributed by atoms with Crippen molar-refractivity contribution in [2.75, 3.05) is 23.7 Å². The Hall–Kier alpha value is -2.54. The largest absolute Gasteiger partial charge is 0.491 e. The molecule has 1 amide bonds. The highest BCUT2D eigenvalue weighted by molar-refractivity contribution is 7.92. The molecule has 2 aromatic carbocycles. The molecule has 1 atom stereocenters. The molecular formula is C21H28N2O4S. The zero-order valence-electron chi connectivity index (χ0n) is 17.0. The Morgan fingerprint density at radius 3 is 2.25 bits per heavy atom. The molecule has 0 bridgehead atoms. The second-order valence-electron chi connectivity index (χ2n) is 6.98. The van der Waals surface area contributed by atoms with E-state index in [4.69, 9.17) is 4.74 Å². The summed E-state index contributed by atoms with van der Waals surface area (Å²) in [5.74, 6) is 0.389. The van der Waals surface area contributed by atoms with E-state index in [0.29, 0.717) is 12.3 Å².